The Labute approximate surface area is 191 Å². The van der Waals surface area contributed by atoms with Gasteiger partial charge in [-0.25, -0.2) is 0 Å². The van der Waals surface area contributed by atoms with E-state index in [0.717, 1.165) is 24.8 Å². The summed E-state index contributed by atoms with van der Waals surface area (Å²) in [6, 6.07) is 0. The van der Waals surface area contributed by atoms with E-state index in [9.17, 15) is 9.59 Å². The van der Waals surface area contributed by atoms with Gasteiger partial charge in [-0.15, -0.1) is 0 Å². The van der Waals surface area contributed by atoms with E-state index in [0.29, 0.717) is 12.0 Å². The van der Waals surface area contributed by atoms with Crippen LogP contribution in [-0.4, -0.2) is 36.4 Å². The molecule has 174 valence electrons. The number of carbonyl (C=O) groups is 2. The molecule has 5 heteroatoms. The quantitative estimate of drug-likeness (QED) is 0.401. The Morgan fingerprint density at radius 1 is 1.16 bits per heavy atom. The van der Waals surface area contributed by atoms with Crippen LogP contribution >= 0.6 is 0 Å². The number of rotatable bonds is 6. The fourth-order valence-electron chi connectivity index (χ4n) is 4.59. The third kappa shape index (κ3) is 6.17. The van der Waals surface area contributed by atoms with Crippen LogP contribution in [0.4, 0.5) is 0 Å². The van der Waals surface area contributed by atoms with E-state index in [2.05, 4.69) is 39.8 Å². The summed E-state index contributed by atoms with van der Waals surface area (Å²) in [6.07, 6.45) is 13.0. The summed E-state index contributed by atoms with van der Waals surface area (Å²) in [5.41, 5.74) is 5.38. The molecular weight excluding hydrogens is 404 g/mol. The standard InChI is InChI=1S/C27H36O5/c1-17(2)8-7-9-18(3)10-23-11-19(4)14-27(31-23)15-22(16-30-21(6)28)24-13-25(29)20(5)12-26(24)32-27/h8,10,12,14-15,23-24,26H,7,9,11,13,16H2,1-6H3/b18-10+/t23-,24-,26-,27+/m1/s1. The molecule has 32 heavy (non-hydrogen) atoms. The predicted molar refractivity (Wildman–Crippen MR) is 125 cm³/mol. The maximum atomic E-state index is 12.3. The van der Waals surface area contributed by atoms with Crippen molar-refractivity contribution < 1.29 is 23.8 Å². The summed E-state index contributed by atoms with van der Waals surface area (Å²) in [5.74, 6) is -1.42. The van der Waals surface area contributed by atoms with Crippen molar-refractivity contribution in [1.29, 1.82) is 0 Å². The fraction of sp³-hybridized carbons (Fsp3) is 0.556. The Morgan fingerprint density at radius 3 is 2.59 bits per heavy atom. The van der Waals surface area contributed by atoms with Crippen molar-refractivity contribution in [3.05, 3.63) is 58.2 Å². The molecule has 3 aliphatic rings. The minimum Gasteiger partial charge on any atom is -0.461 e. The van der Waals surface area contributed by atoms with Gasteiger partial charge in [0, 0.05) is 19.3 Å². The van der Waals surface area contributed by atoms with E-state index < -0.39 is 5.79 Å². The zero-order chi connectivity index (χ0) is 23.5. The normalized spacial score (nSPS) is 30.2. The molecule has 1 aliphatic carbocycles. The molecule has 5 nitrogen and oxygen atoms in total. The van der Waals surface area contributed by atoms with E-state index in [1.807, 2.05) is 25.2 Å². The maximum Gasteiger partial charge on any atom is 0.302 e. The van der Waals surface area contributed by atoms with Gasteiger partial charge in [0.1, 0.15) is 6.61 Å². The van der Waals surface area contributed by atoms with E-state index in [-0.39, 0.29) is 36.5 Å². The zero-order valence-corrected chi connectivity index (χ0v) is 20.2. The summed E-state index contributed by atoms with van der Waals surface area (Å²) < 4.78 is 18.3. The molecule has 4 atom stereocenters. The Morgan fingerprint density at radius 2 is 1.91 bits per heavy atom. The summed E-state index contributed by atoms with van der Waals surface area (Å²) in [4.78, 5) is 23.8. The lowest BCUT2D eigenvalue weighted by molar-refractivity contribution is -0.225. The second kappa shape index (κ2) is 10.1. The minimum absolute atomic E-state index is 0.101. The third-order valence-electron chi connectivity index (χ3n) is 6.15. The van der Waals surface area contributed by atoms with E-state index in [4.69, 9.17) is 14.2 Å². The summed E-state index contributed by atoms with van der Waals surface area (Å²) in [7, 11) is 0. The van der Waals surface area contributed by atoms with Gasteiger partial charge >= 0.3 is 5.97 Å². The van der Waals surface area contributed by atoms with Crippen LogP contribution < -0.4 is 0 Å². The Bertz CT molecular complexity index is 912. The number of esters is 1. The number of ketones is 1. The van der Waals surface area contributed by atoms with Crippen LogP contribution in [0, 0.1) is 5.92 Å². The van der Waals surface area contributed by atoms with Crippen LogP contribution in [0.1, 0.15) is 67.2 Å². The Kier molecular flexibility index (Phi) is 7.73. The summed E-state index contributed by atoms with van der Waals surface area (Å²) >= 11 is 0. The number of hydrogen-bond acceptors (Lipinski definition) is 5. The van der Waals surface area contributed by atoms with Gasteiger partial charge in [0.2, 0.25) is 5.79 Å². The molecule has 2 aliphatic heterocycles. The average Bonchev–Trinajstić information content (AvgIpc) is 2.66. The van der Waals surface area contributed by atoms with Gasteiger partial charge in [0.25, 0.3) is 0 Å². The van der Waals surface area contributed by atoms with Crippen molar-refractivity contribution in [1.82, 2.24) is 0 Å². The lowest BCUT2D eigenvalue weighted by Crippen LogP contribution is -2.49. The van der Waals surface area contributed by atoms with Gasteiger partial charge in [-0.05, 0) is 83.3 Å². The van der Waals surface area contributed by atoms with E-state index in [1.165, 1.54) is 23.6 Å². The minimum atomic E-state index is -1.03. The first-order valence-electron chi connectivity index (χ1n) is 11.5. The van der Waals surface area contributed by atoms with Gasteiger partial charge in [0.05, 0.1) is 12.2 Å². The maximum absolute atomic E-state index is 12.3. The number of Topliss-reactive ketones (excluding diaryl/α,β-unsaturated/α-hetero) is 1. The molecule has 0 aromatic heterocycles. The molecule has 1 spiro atoms. The predicted octanol–water partition coefficient (Wildman–Crippen LogP) is 5.53. The van der Waals surface area contributed by atoms with Gasteiger partial charge in [-0.2, -0.15) is 0 Å². The molecule has 0 aromatic rings. The molecule has 3 rings (SSSR count). The largest absolute Gasteiger partial charge is 0.461 e. The van der Waals surface area contributed by atoms with Crippen LogP contribution in [0.15, 0.2) is 58.2 Å². The van der Waals surface area contributed by atoms with Crippen molar-refractivity contribution in [2.24, 2.45) is 5.92 Å². The lowest BCUT2D eigenvalue weighted by Gasteiger charge is -2.45. The molecule has 2 heterocycles. The lowest BCUT2D eigenvalue weighted by atomic mass is 9.79. The molecule has 0 saturated heterocycles. The van der Waals surface area contributed by atoms with Crippen molar-refractivity contribution in [2.45, 2.75) is 85.2 Å². The molecule has 0 bridgehead atoms. The second-order valence-corrected chi connectivity index (χ2v) is 9.57. The van der Waals surface area contributed by atoms with Crippen molar-refractivity contribution in [2.75, 3.05) is 6.61 Å². The molecule has 0 amide bonds. The highest BCUT2D eigenvalue weighted by Crippen LogP contribution is 2.42. The van der Waals surface area contributed by atoms with Crippen LogP contribution in [0.2, 0.25) is 0 Å². The van der Waals surface area contributed by atoms with Crippen LogP contribution in [0.5, 0.6) is 0 Å². The SMILES string of the molecule is CC(=O)OCC1=C[C@]2(C=C(C)C[C@@H](/C=C(\C)CCC=C(C)C)O2)O[C@@H]2C=C(C)C(=O)C[C@H]12. The molecule has 0 aromatic carbocycles. The zero-order valence-electron chi connectivity index (χ0n) is 20.2. The first-order chi connectivity index (χ1) is 15.1. The molecule has 0 radical (unpaired) electrons. The van der Waals surface area contributed by atoms with E-state index >= 15 is 0 Å². The first-order valence-corrected chi connectivity index (χ1v) is 11.5. The molecule has 0 fully saturated rings. The Hall–Kier alpha value is -2.24. The van der Waals surface area contributed by atoms with Crippen molar-refractivity contribution >= 4 is 11.8 Å². The van der Waals surface area contributed by atoms with Gasteiger partial charge in [-0.3, -0.25) is 9.59 Å². The van der Waals surface area contributed by atoms with E-state index in [1.54, 1.807) is 0 Å². The number of allylic oxidation sites excluding steroid dienone is 4. The van der Waals surface area contributed by atoms with Crippen LogP contribution in [0.25, 0.3) is 0 Å². The fourth-order valence-corrected chi connectivity index (χ4v) is 4.59. The number of hydrogen-bond donors (Lipinski definition) is 0. The number of carbonyl (C=O) groups excluding carboxylic acids is 2. The number of fused-ring (bicyclic) bond motifs is 1. The molecule has 0 N–H and O–H groups in total. The van der Waals surface area contributed by atoms with Crippen LogP contribution in [-0.2, 0) is 23.8 Å². The topological polar surface area (TPSA) is 61.8 Å². The molecule has 0 unspecified atom stereocenters. The molecular formula is C27H36O5. The highest BCUT2D eigenvalue weighted by Gasteiger charge is 2.45. The van der Waals surface area contributed by atoms with Gasteiger partial charge in [-0.1, -0.05) is 28.9 Å². The summed E-state index contributed by atoms with van der Waals surface area (Å²) in [6.45, 7) is 11.8. The van der Waals surface area contributed by atoms with Crippen LogP contribution in [0.3, 0.4) is 0 Å². The van der Waals surface area contributed by atoms with Crippen molar-refractivity contribution in [3.63, 3.8) is 0 Å². The van der Waals surface area contributed by atoms with Gasteiger partial charge < -0.3 is 14.2 Å². The third-order valence-corrected chi connectivity index (χ3v) is 6.15. The highest BCUT2D eigenvalue weighted by molar-refractivity contribution is 5.96. The Balaban J connectivity index is 1.88. The second-order valence-electron chi connectivity index (χ2n) is 9.57. The average molecular weight is 441 g/mol. The summed E-state index contributed by atoms with van der Waals surface area (Å²) in [5, 5.41) is 0. The molecule has 0 saturated carbocycles. The number of ether oxygens (including phenoxy) is 3. The van der Waals surface area contributed by atoms with Gasteiger partial charge in [0.15, 0.2) is 5.78 Å². The monoisotopic (exact) mass is 440 g/mol. The smallest absolute Gasteiger partial charge is 0.302 e. The van der Waals surface area contributed by atoms with Crippen molar-refractivity contribution in [3.8, 4) is 0 Å². The highest BCUT2D eigenvalue weighted by atomic mass is 16.7. The first kappa shape index (κ1) is 24.4.